The van der Waals surface area contributed by atoms with Crippen LogP contribution < -0.4 is 5.73 Å². The molecule has 0 aromatic carbocycles. The molecule has 0 amide bonds. The maximum absolute atomic E-state index is 12.4. The molecule has 0 aromatic rings. The van der Waals surface area contributed by atoms with Crippen molar-refractivity contribution in [1.29, 1.82) is 0 Å². The van der Waals surface area contributed by atoms with Gasteiger partial charge in [0.15, 0.2) is 0 Å². The molecule has 20 heavy (non-hydrogen) atoms. The first-order chi connectivity index (χ1) is 9.67. The minimum atomic E-state index is 0.00546. The molecule has 0 atom stereocenters. The Hall–Kier alpha value is -2.24. The minimum absolute atomic E-state index is 0.00546. The first-order valence-electron chi connectivity index (χ1n) is 6.80. The van der Waals surface area contributed by atoms with Gasteiger partial charge in [-0.3, -0.25) is 9.59 Å². The fourth-order valence-electron chi connectivity index (χ4n) is 2.28. The highest BCUT2D eigenvalue weighted by molar-refractivity contribution is 6.22. The Morgan fingerprint density at radius 2 is 1.40 bits per heavy atom. The number of Topliss-reactive ketones (excluding diaryl/α,β-unsaturated/α-hetero) is 1. The van der Waals surface area contributed by atoms with Crippen LogP contribution in [0.2, 0.25) is 0 Å². The molecule has 0 unspecified atom stereocenters. The number of carbonyl (C=O) groups is 2. The number of ketones is 2. The van der Waals surface area contributed by atoms with Gasteiger partial charge in [0.25, 0.3) is 0 Å². The van der Waals surface area contributed by atoms with Gasteiger partial charge >= 0.3 is 0 Å². The second kappa shape index (κ2) is 4.70. The highest BCUT2D eigenvalue weighted by atomic mass is 16.1. The molecule has 0 spiro atoms. The Balaban J connectivity index is 0.000000373. The van der Waals surface area contributed by atoms with Crippen molar-refractivity contribution < 1.29 is 9.59 Å². The smallest absolute Gasteiger partial charge is 0.227 e. The lowest BCUT2D eigenvalue weighted by atomic mass is 10.0. The van der Waals surface area contributed by atoms with Gasteiger partial charge in [0.05, 0.1) is 5.70 Å². The normalized spacial score (nSPS) is 23.2. The molecular weight excluding hydrogens is 256 g/mol. The van der Waals surface area contributed by atoms with Crippen LogP contribution in [-0.4, -0.2) is 65.5 Å². The van der Waals surface area contributed by atoms with Crippen molar-refractivity contribution in [1.82, 2.24) is 14.7 Å². The Kier molecular flexibility index (Phi) is 3.00. The summed E-state index contributed by atoms with van der Waals surface area (Å²) in [5.74, 6) is 0.0485. The average molecular weight is 274 g/mol. The summed E-state index contributed by atoms with van der Waals surface area (Å²) in [5.41, 5.74) is 6.50. The lowest BCUT2D eigenvalue weighted by Crippen LogP contribution is -2.29. The molecule has 0 bridgehead atoms. The average Bonchev–Trinajstić information content (AvgIpc) is 3.28. The van der Waals surface area contributed by atoms with Gasteiger partial charge in [-0.25, -0.2) is 0 Å². The maximum atomic E-state index is 12.4. The van der Waals surface area contributed by atoms with E-state index in [0.29, 0.717) is 17.1 Å². The summed E-state index contributed by atoms with van der Waals surface area (Å²) < 4.78 is 0. The molecule has 6 heteroatoms. The van der Waals surface area contributed by atoms with E-state index in [2.05, 4.69) is 12.3 Å². The molecule has 0 radical (unpaired) electrons. The summed E-state index contributed by atoms with van der Waals surface area (Å²) in [7, 11) is 0. The zero-order valence-electron chi connectivity index (χ0n) is 11.3. The molecule has 106 valence electrons. The van der Waals surface area contributed by atoms with Gasteiger partial charge in [-0.15, -0.1) is 0 Å². The van der Waals surface area contributed by atoms with Crippen molar-refractivity contribution in [3.63, 3.8) is 0 Å². The van der Waals surface area contributed by atoms with E-state index >= 15 is 0 Å². The van der Waals surface area contributed by atoms with Crippen LogP contribution in [0.5, 0.6) is 0 Å². The Morgan fingerprint density at radius 3 is 1.85 bits per heavy atom. The quantitative estimate of drug-likeness (QED) is 0.540. The van der Waals surface area contributed by atoms with E-state index < -0.39 is 0 Å². The van der Waals surface area contributed by atoms with E-state index in [1.807, 2.05) is 14.7 Å². The minimum Gasteiger partial charge on any atom is -0.405 e. The second-order valence-electron chi connectivity index (χ2n) is 5.12. The molecule has 6 nitrogen and oxygen atoms in total. The standard InChI is InChI=1S/C12H13N3O2.C2H5N/c16-9-7-8(13-1-2-13)12(17)11(15-5-6-15)10(9)14-3-4-14;1-2-3/h7H,1-6H2;2H,1,3H2. The molecule has 3 aliphatic heterocycles. The molecule has 0 aromatic heterocycles. The topological polar surface area (TPSA) is 69.2 Å². The van der Waals surface area contributed by atoms with Crippen molar-refractivity contribution >= 4 is 11.6 Å². The van der Waals surface area contributed by atoms with Gasteiger partial charge in [0.2, 0.25) is 11.6 Å². The third-order valence-electron chi connectivity index (χ3n) is 3.49. The van der Waals surface area contributed by atoms with Crippen LogP contribution in [0, 0.1) is 0 Å². The van der Waals surface area contributed by atoms with Gasteiger partial charge in [-0.05, 0) is 6.20 Å². The summed E-state index contributed by atoms with van der Waals surface area (Å²) in [6, 6.07) is 0. The van der Waals surface area contributed by atoms with Crippen molar-refractivity contribution in [2.75, 3.05) is 39.3 Å². The number of hydrogen-bond acceptors (Lipinski definition) is 6. The fourth-order valence-corrected chi connectivity index (χ4v) is 2.28. The van der Waals surface area contributed by atoms with Crippen LogP contribution in [0.4, 0.5) is 0 Å². The van der Waals surface area contributed by atoms with Crippen LogP contribution in [0.15, 0.2) is 35.9 Å². The van der Waals surface area contributed by atoms with Gasteiger partial charge in [0, 0.05) is 45.3 Å². The van der Waals surface area contributed by atoms with Crippen LogP contribution in [0.25, 0.3) is 0 Å². The molecule has 4 aliphatic rings. The lowest BCUT2D eigenvalue weighted by Gasteiger charge is -2.21. The number of carbonyl (C=O) groups excluding carboxylic acids is 2. The highest BCUT2D eigenvalue weighted by Crippen LogP contribution is 2.33. The van der Waals surface area contributed by atoms with Gasteiger partial charge < -0.3 is 20.4 Å². The molecule has 1 aliphatic carbocycles. The fraction of sp³-hybridized carbons (Fsp3) is 0.429. The molecule has 3 saturated heterocycles. The summed E-state index contributed by atoms with van der Waals surface area (Å²) in [5, 5.41) is 0. The second-order valence-corrected chi connectivity index (χ2v) is 5.12. The van der Waals surface area contributed by atoms with E-state index in [1.165, 1.54) is 12.3 Å². The number of allylic oxidation sites excluding steroid dienone is 1. The molecule has 0 saturated carbocycles. The molecule has 3 fully saturated rings. The van der Waals surface area contributed by atoms with Gasteiger partial charge in [0.1, 0.15) is 11.4 Å². The van der Waals surface area contributed by atoms with Crippen LogP contribution in [0.1, 0.15) is 0 Å². The van der Waals surface area contributed by atoms with Crippen molar-refractivity contribution in [2.45, 2.75) is 0 Å². The number of nitrogens with zero attached hydrogens (tertiary/aromatic N) is 3. The van der Waals surface area contributed by atoms with E-state index in [0.717, 1.165) is 39.3 Å². The third kappa shape index (κ3) is 2.29. The lowest BCUT2D eigenvalue weighted by molar-refractivity contribution is -0.117. The zero-order chi connectivity index (χ0) is 14.3. The first kappa shape index (κ1) is 12.8. The molecule has 2 N–H and O–H groups in total. The summed E-state index contributed by atoms with van der Waals surface area (Å²) >= 11 is 0. The molecular formula is C14H18N4O2. The van der Waals surface area contributed by atoms with Crippen molar-refractivity contribution in [3.05, 3.63) is 35.9 Å². The van der Waals surface area contributed by atoms with Gasteiger partial charge in [-0.1, -0.05) is 6.58 Å². The van der Waals surface area contributed by atoms with E-state index in [-0.39, 0.29) is 11.6 Å². The highest BCUT2D eigenvalue weighted by Gasteiger charge is 2.43. The third-order valence-corrected chi connectivity index (χ3v) is 3.49. The van der Waals surface area contributed by atoms with Crippen molar-refractivity contribution in [3.8, 4) is 0 Å². The van der Waals surface area contributed by atoms with Crippen LogP contribution >= 0.6 is 0 Å². The van der Waals surface area contributed by atoms with Crippen LogP contribution in [-0.2, 0) is 9.59 Å². The Morgan fingerprint density at radius 1 is 0.950 bits per heavy atom. The van der Waals surface area contributed by atoms with E-state index in [4.69, 9.17) is 0 Å². The van der Waals surface area contributed by atoms with Gasteiger partial charge in [-0.2, -0.15) is 0 Å². The summed E-state index contributed by atoms with van der Waals surface area (Å²) in [6.45, 7) is 8.55. The SMILES string of the molecule is C=CN.O=C1C=C(N2CC2)C(=O)C(N2CC2)=C1N1CC1. The zero-order valence-corrected chi connectivity index (χ0v) is 11.3. The summed E-state index contributed by atoms with van der Waals surface area (Å²) in [6.07, 6.45) is 2.77. The molecule has 4 rings (SSSR count). The molecule has 3 heterocycles. The predicted octanol–water partition coefficient (Wildman–Crippen LogP) is -0.731. The number of rotatable bonds is 3. The largest absolute Gasteiger partial charge is 0.405 e. The van der Waals surface area contributed by atoms with Crippen molar-refractivity contribution in [2.24, 2.45) is 5.73 Å². The number of nitrogens with two attached hydrogens (primary N) is 1. The maximum Gasteiger partial charge on any atom is 0.227 e. The first-order valence-corrected chi connectivity index (χ1v) is 6.80. The Bertz CT molecular complexity index is 537. The summed E-state index contributed by atoms with van der Waals surface area (Å²) in [4.78, 5) is 30.5. The van der Waals surface area contributed by atoms with E-state index in [1.54, 1.807) is 0 Å². The Labute approximate surface area is 117 Å². The number of hydrogen-bond donors (Lipinski definition) is 1. The van der Waals surface area contributed by atoms with E-state index in [9.17, 15) is 9.59 Å². The monoisotopic (exact) mass is 274 g/mol. The van der Waals surface area contributed by atoms with Crippen LogP contribution in [0.3, 0.4) is 0 Å². The predicted molar refractivity (Wildman–Crippen MR) is 74.2 cm³/mol.